The van der Waals surface area contributed by atoms with Crippen molar-refractivity contribution < 1.29 is 4.74 Å². The first-order valence-electron chi connectivity index (χ1n) is 6.87. The van der Waals surface area contributed by atoms with Gasteiger partial charge in [0.05, 0.1) is 0 Å². The summed E-state index contributed by atoms with van der Waals surface area (Å²) < 4.78 is 5.93. The standard InChI is InChI=1S/C18H13NOS/c21-18-19-16-11-4-3-9-15(16)17(20-18)14-10-5-7-12-6-1-2-8-13(12)14/h1-11,17H,(H,19,21). The second-order valence-electron chi connectivity index (χ2n) is 5.07. The van der Waals surface area contributed by atoms with Gasteiger partial charge in [-0.15, -0.1) is 0 Å². The number of thiocarbonyl (C=S) groups is 1. The third-order valence-corrected chi connectivity index (χ3v) is 4.01. The van der Waals surface area contributed by atoms with Gasteiger partial charge in [-0.1, -0.05) is 60.7 Å². The molecule has 3 aromatic carbocycles. The fraction of sp³-hybridized carbons (Fsp3) is 0.0556. The Labute approximate surface area is 128 Å². The summed E-state index contributed by atoms with van der Waals surface area (Å²) in [6.45, 7) is 0. The average Bonchev–Trinajstić information content (AvgIpc) is 2.53. The average molecular weight is 291 g/mol. The van der Waals surface area contributed by atoms with E-state index in [4.69, 9.17) is 17.0 Å². The summed E-state index contributed by atoms with van der Waals surface area (Å²) in [7, 11) is 0. The number of anilines is 1. The smallest absolute Gasteiger partial charge is 0.262 e. The topological polar surface area (TPSA) is 21.3 Å². The van der Waals surface area contributed by atoms with Gasteiger partial charge in [0.25, 0.3) is 5.17 Å². The first kappa shape index (κ1) is 12.4. The summed E-state index contributed by atoms with van der Waals surface area (Å²) in [5, 5.41) is 5.95. The maximum absolute atomic E-state index is 5.93. The molecule has 0 fully saturated rings. The molecule has 1 unspecified atom stereocenters. The van der Waals surface area contributed by atoms with Crippen molar-refractivity contribution in [3.8, 4) is 0 Å². The van der Waals surface area contributed by atoms with Gasteiger partial charge in [-0.3, -0.25) is 0 Å². The van der Waals surface area contributed by atoms with E-state index in [0.29, 0.717) is 5.17 Å². The van der Waals surface area contributed by atoms with E-state index in [1.165, 1.54) is 10.8 Å². The number of hydrogen-bond acceptors (Lipinski definition) is 2. The molecule has 3 heteroatoms. The van der Waals surface area contributed by atoms with Crippen LogP contribution in [0.4, 0.5) is 5.69 Å². The molecule has 0 saturated carbocycles. The molecular weight excluding hydrogens is 278 g/mol. The van der Waals surface area contributed by atoms with Gasteiger partial charge in [-0.05, 0) is 29.1 Å². The van der Waals surface area contributed by atoms with Gasteiger partial charge in [0.1, 0.15) is 0 Å². The molecule has 0 aromatic heterocycles. The number of ether oxygens (including phenoxy) is 1. The lowest BCUT2D eigenvalue weighted by atomic mass is 9.94. The summed E-state index contributed by atoms with van der Waals surface area (Å²) in [6, 6.07) is 22.8. The monoisotopic (exact) mass is 291 g/mol. The summed E-state index contributed by atoms with van der Waals surface area (Å²) in [5.74, 6) is 0. The fourth-order valence-electron chi connectivity index (χ4n) is 2.86. The van der Waals surface area contributed by atoms with Crippen molar-refractivity contribution >= 4 is 33.9 Å². The predicted octanol–water partition coefficient (Wildman–Crippen LogP) is 4.66. The quantitative estimate of drug-likeness (QED) is 0.659. The number of para-hydroxylation sites is 1. The molecule has 1 N–H and O–H groups in total. The molecule has 21 heavy (non-hydrogen) atoms. The molecule has 1 heterocycles. The van der Waals surface area contributed by atoms with Gasteiger partial charge in [-0.25, -0.2) is 0 Å². The van der Waals surface area contributed by atoms with Gasteiger partial charge in [0, 0.05) is 16.8 Å². The second kappa shape index (κ2) is 4.86. The van der Waals surface area contributed by atoms with Crippen LogP contribution in [0.2, 0.25) is 0 Å². The first-order valence-corrected chi connectivity index (χ1v) is 7.28. The number of nitrogens with one attached hydrogen (secondary N) is 1. The number of fused-ring (bicyclic) bond motifs is 2. The van der Waals surface area contributed by atoms with E-state index in [-0.39, 0.29) is 6.10 Å². The molecule has 0 radical (unpaired) electrons. The highest BCUT2D eigenvalue weighted by Gasteiger charge is 2.26. The highest BCUT2D eigenvalue weighted by Crippen LogP contribution is 2.38. The second-order valence-corrected chi connectivity index (χ2v) is 5.44. The van der Waals surface area contributed by atoms with Crippen molar-refractivity contribution in [2.75, 3.05) is 5.32 Å². The summed E-state index contributed by atoms with van der Waals surface area (Å²) in [5.41, 5.74) is 3.28. The predicted molar refractivity (Wildman–Crippen MR) is 89.5 cm³/mol. The minimum atomic E-state index is -0.166. The molecule has 1 aliphatic heterocycles. The molecular formula is C18H13NOS. The van der Waals surface area contributed by atoms with Crippen LogP contribution in [0.5, 0.6) is 0 Å². The Hall–Kier alpha value is -2.39. The molecule has 0 spiro atoms. The Morgan fingerprint density at radius 2 is 1.52 bits per heavy atom. The van der Waals surface area contributed by atoms with Crippen molar-refractivity contribution in [3.05, 3.63) is 77.9 Å². The largest absolute Gasteiger partial charge is 0.458 e. The molecule has 0 amide bonds. The van der Waals surface area contributed by atoms with E-state index in [2.05, 4.69) is 47.8 Å². The van der Waals surface area contributed by atoms with Crippen LogP contribution in [-0.2, 0) is 4.74 Å². The maximum Gasteiger partial charge on any atom is 0.262 e. The molecule has 3 aromatic rings. The number of hydrogen-bond donors (Lipinski definition) is 1. The lowest BCUT2D eigenvalue weighted by molar-refractivity contribution is 0.236. The zero-order valence-electron chi connectivity index (χ0n) is 11.2. The van der Waals surface area contributed by atoms with Crippen molar-refractivity contribution in [3.63, 3.8) is 0 Å². The van der Waals surface area contributed by atoms with Gasteiger partial charge >= 0.3 is 0 Å². The van der Waals surface area contributed by atoms with E-state index < -0.39 is 0 Å². The van der Waals surface area contributed by atoms with Crippen molar-refractivity contribution in [1.82, 2.24) is 0 Å². The van der Waals surface area contributed by atoms with Gasteiger partial charge in [0.15, 0.2) is 6.10 Å². The summed E-state index contributed by atoms with van der Waals surface area (Å²) in [4.78, 5) is 0. The van der Waals surface area contributed by atoms with E-state index in [1.807, 2.05) is 24.3 Å². The molecule has 1 aliphatic rings. The molecule has 4 rings (SSSR count). The molecule has 1 atom stereocenters. The Kier molecular flexibility index (Phi) is 2.86. The van der Waals surface area contributed by atoms with Gasteiger partial charge in [0.2, 0.25) is 0 Å². The number of rotatable bonds is 1. The zero-order valence-corrected chi connectivity index (χ0v) is 12.1. The van der Waals surface area contributed by atoms with E-state index in [1.54, 1.807) is 0 Å². The zero-order chi connectivity index (χ0) is 14.2. The van der Waals surface area contributed by atoms with Crippen molar-refractivity contribution in [1.29, 1.82) is 0 Å². The van der Waals surface area contributed by atoms with Crippen LogP contribution in [0, 0.1) is 0 Å². The van der Waals surface area contributed by atoms with E-state index in [9.17, 15) is 0 Å². The van der Waals surface area contributed by atoms with Crippen molar-refractivity contribution in [2.24, 2.45) is 0 Å². The van der Waals surface area contributed by atoms with E-state index >= 15 is 0 Å². The summed E-state index contributed by atoms with van der Waals surface area (Å²) >= 11 is 5.25. The third-order valence-electron chi connectivity index (χ3n) is 3.81. The highest BCUT2D eigenvalue weighted by atomic mass is 32.1. The molecule has 102 valence electrons. The maximum atomic E-state index is 5.93. The van der Waals surface area contributed by atoms with E-state index in [0.717, 1.165) is 16.8 Å². The van der Waals surface area contributed by atoms with Crippen LogP contribution in [0.25, 0.3) is 10.8 Å². The fourth-order valence-corrected chi connectivity index (χ4v) is 3.07. The lowest BCUT2D eigenvalue weighted by Crippen LogP contribution is -2.25. The van der Waals surface area contributed by atoms with Gasteiger partial charge in [-0.2, -0.15) is 0 Å². The molecule has 0 saturated heterocycles. The number of benzene rings is 3. The van der Waals surface area contributed by atoms with Crippen LogP contribution >= 0.6 is 12.2 Å². The molecule has 2 nitrogen and oxygen atoms in total. The van der Waals surface area contributed by atoms with Crippen LogP contribution in [-0.4, -0.2) is 5.17 Å². The Bertz CT molecular complexity index is 838. The van der Waals surface area contributed by atoms with Crippen LogP contribution in [0.1, 0.15) is 17.2 Å². The van der Waals surface area contributed by atoms with Crippen LogP contribution < -0.4 is 5.32 Å². The van der Waals surface area contributed by atoms with Crippen molar-refractivity contribution in [2.45, 2.75) is 6.10 Å². The minimum absolute atomic E-state index is 0.166. The molecule has 0 aliphatic carbocycles. The molecule has 0 bridgehead atoms. The SMILES string of the molecule is S=C1Nc2ccccc2C(c2cccc3ccccc23)O1. The Balaban J connectivity index is 1.95. The Morgan fingerprint density at radius 3 is 2.48 bits per heavy atom. The lowest BCUT2D eigenvalue weighted by Gasteiger charge is -2.29. The summed E-state index contributed by atoms with van der Waals surface area (Å²) in [6.07, 6.45) is -0.166. The third kappa shape index (κ3) is 2.06. The van der Waals surface area contributed by atoms with Crippen LogP contribution in [0.15, 0.2) is 66.7 Å². The van der Waals surface area contributed by atoms with Gasteiger partial charge < -0.3 is 10.1 Å². The minimum Gasteiger partial charge on any atom is -0.458 e. The first-order chi connectivity index (χ1) is 10.3. The van der Waals surface area contributed by atoms with Crippen LogP contribution in [0.3, 0.4) is 0 Å². The highest BCUT2D eigenvalue weighted by molar-refractivity contribution is 7.80. The normalized spacial score (nSPS) is 17.0. The Morgan fingerprint density at radius 1 is 0.810 bits per heavy atom.